The molecule has 6 amide bonds. The molecule has 10 rings (SSSR count). The van der Waals surface area contributed by atoms with Crippen LogP contribution in [0.3, 0.4) is 0 Å². The first kappa shape index (κ1) is 66.1. The Balaban J connectivity index is 0.970. The van der Waals surface area contributed by atoms with Gasteiger partial charge in [-0.1, -0.05) is 187 Å². The van der Waals surface area contributed by atoms with Gasteiger partial charge in [-0.25, -0.2) is 14.4 Å². The number of hydrogen-bond donors (Lipinski definition) is 6. The lowest BCUT2D eigenvalue weighted by Gasteiger charge is -2.29. The van der Waals surface area contributed by atoms with Crippen LogP contribution >= 0.6 is 0 Å². The average Bonchev–Trinajstić information content (AvgIpc) is 0.790. The molecule has 0 saturated heterocycles. The van der Waals surface area contributed by atoms with Gasteiger partial charge in [0.05, 0.1) is 18.1 Å². The number of nitrogens with one attached hydrogen (secondary N) is 6. The summed E-state index contributed by atoms with van der Waals surface area (Å²) in [5.74, 6) is 3.02. The smallest absolute Gasteiger partial charge is 0.319 e. The number of amides is 6. The molecule has 0 aliphatic rings. The fraction of sp³-hybridized carbons (Fsp3) is 0.296. The molecule has 10 aromatic rings. The van der Waals surface area contributed by atoms with Crippen molar-refractivity contribution < 1.29 is 28.6 Å². The van der Waals surface area contributed by atoms with Crippen LogP contribution < -0.4 is 46.1 Å². The van der Waals surface area contributed by atoms with Crippen LogP contribution in [-0.4, -0.2) is 18.1 Å². The highest BCUT2D eigenvalue weighted by molar-refractivity contribution is 5.93. The molecule has 0 aliphatic heterocycles. The zero-order valence-corrected chi connectivity index (χ0v) is 55.3. The average molecular weight is 1240 g/mol. The predicted molar refractivity (Wildman–Crippen MR) is 382 cm³/mol. The summed E-state index contributed by atoms with van der Waals surface area (Å²) in [7, 11) is 0. The summed E-state index contributed by atoms with van der Waals surface area (Å²) in [5, 5.41) is 25.4. The number of urea groups is 3. The third-order valence-electron chi connectivity index (χ3n) is 17.4. The van der Waals surface area contributed by atoms with E-state index in [0.29, 0.717) is 52.1 Å². The number of rotatable bonds is 27. The fourth-order valence-corrected chi connectivity index (χ4v) is 12.5. The Hall–Kier alpha value is -9.81. The van der Waals surface area contributed by atoms with Crippen molar-refractivity contribution >= 4 is 67.5 Å². The highest BCUT2D eigenvalue weighted by Gasteiger charge is 2.27. The van der Waals surface area contributed by atoms with E-state index in [2.05, 4.69) is 146 Å². The minimum atomic E-state index is -0.321. The molecular weight excluding hydrogens is 1150 g/mol. The van der Waals surface area contributed by atoms with E-state index < -0.39 is 0 Å². The van der Waals surface area contributed by atoms with Gasteiger partial charge in [-0.05, 0) is 196 Å². The third-order valence-corrected chi connectivity index (χ3v) is 17.4. The van der Waals surface area contributed by atoms with E-state index in [9.17, 15) is 14.4 Å². The maximum Gasteiger partial charge on any atom is 0.319 e. The topological polar surface area (TPSA) is 151 Å². The molecule has 0 bridgehead atoms. The van der Waals surface area contributed by atoms with Crippen LogP contribution in [-0.2, 0) is 39.1 Å². The van der Waals surface area contributed by atoms with E-state index in [1.54, 1.807) is 0 Å². The normalized spacial score (nSPS) is 12.4. The highest BCUT2D eigenvalue weighted by atomic mass is 16.5. The highest BCUT2D eigenvalue weighted by Crippen LogP contribution is 2.38. The molecule has 0 unspecified atom stereocenters. The van der Waals surface area contributed by atoms with Crippen LogP contribution in [0.2, 0.25) is 0 Å². The van der Waals surface area contributed by atoms with Crippen molar-refractivity contribution in [3.8, 4) is 17.2 Å². The summed E-state index contributed by atoms with van der Waals surface area (Å²) in [6, 6.07) is 64.2. The molecule has 0 fully saturated rings. The first-order valence-electron chi connectivity index (χ1n) is 33.0. The number of hydrogen-bond acceptors (Lipinski definition) is 6. The van der Waals surface area contributed by atoms with E-state index in [-0.39, 0.29) is 56.0 Å². The minimum absolute atomic E-state index is 0.247. The first-order chi connectivity index (χ1) is 45.0. The maximum atomic E-state index is 13.7. The van der Waals surface area contributed by atoms with Gasteiger partial charge in [-0.15, -0.1) is 0 Å². The van der Waals surface area contributed by atoms with Crippen molar-refractivity contribution in [2.24, 2.45) is 17.8 Å². The molecule has 10 aromatic carbocycles. The second-order valence-electron chi connectivity index (χ2n) is 25.8. The summed E-state index contributed by atoms with van der Waals surface area (Å²) < 4.78 is 21.0. The van der Waals surface area contributed by atoms with E-state index >= 15 is 0 Å². The van der Waals surface area contributed by atoms with Crippen LogP contribution in [0.1, 0.15) is 150 Å². The van der Waals surface area contributed by atoms with E-state index in [1.165, 1.54) is 16.7 Å². The van der Waals surface area contributed by atoms with E-state index in [0.717, 1.165) is 104 Å². The van der Waals surface area contributed by atoms with Gasteiger partial charge in [0.25, 0.3) is 0 Å². The van der Waals surface area contributed by atoms with E-state index in [1.807, 2.05) is 148 Å². The summed E-state index contributed by atoms with van der Waals surface area (Å²) in [6.07, 6.45) is 5.11. The summed E-state index contributed by atoms with van der Waals surface area (Å²) in [4.78, 5) is 41.2. The molecule has 12 nitrogen and oxygen atoms in total. The van der Waals surface area contributed by atoms with Gasteiger partial charge in [0.1, 0.15) is 37.1 Å². The van der Waals surface area contributed by atoms with Gasteiger partial charge < -0.3 is 46.1 Å². The van der Waals surface area contributed by atoms with Gasteiger partial charge in [0.15, 0.2) is 0 Å². The molecule has 0 radical (unpaired) electrons. The zero-order chi connectivity index (χ0) is 65.4. The Morgan fingerprint density at radius 3 is 0.849 bits per heavy atom. The van der Waals surface area contributed by atoms with E-state index in [4.69, 9.17) is 14.2 Å². The Kier molecular flexibility index (Phi) is 22.4. The van der Waals surface area contributed by atoms with Gasteiger partial charge in [-0.2, -0.15) is 0 Å². The molecular formula is C81H90N6O6. The number of carbonyl (C=O) groups excluding carboxylic acids is 3. The fourth-order valence-electron chi connectivity index (χ4n) is 12.5. The second kappa shape index (κ2) is 31.5. The molecule has 12 heteroatoms. The first-order valence-corrected chi connectivity index (χ1v) is 33.0. The largest absolute Gasteiger partial charge is 0.489 e. The molecule has 0 heterocycles. The number of anilines is 3. The van der Waals surface area contributed by atoms with Crippen molar-refractivity contribution in [2.45, 2.75) is 139 Å². The van der Waals surface area contributed by atoms with Crippen LogP contribution in [0.15, 0.2) is 200 Å². The summed E-state index contributed by atoms with van der Waals surface area (Å²) in [5.41, 5.74) is 11.8. The molecule has 0 saturated carbocycles. The number of ether oxygens (including phenoxy) is 3. The Morgan fingerprint density at radius 2 is 0.570 bits per heavy atom. The molecule has 3 atom stereocenters. The SMILES string of the molecule is CC(C)CCc1c(COc2cccc(NC(=O)N[C@H](C)c3cccc4ccccc34)c2)c(CCC(C)C)c(COc2cccc(NC(=O)N[C@H](C)c3cccc4ccccc34)c2)c(CCC(C)C)c1COc1cccc(NC(=O)N[C@H](C)c2cccc3ccccc23)c1. The van der Waals surface area contributed by atoms with Gasteiger partial charge in [-0.3, -0.25) is 0 Å². The molecule has 480 valence electrons. The lowest BCUT2D eigenvalue weighted by Crippen LogP contribution is -2.31. The number of benzene rings is 10. The third kappa shape index (κ3) is 17.6. The van der Waals surface area contributed by atoms with Crippen molar-refractivity contribution in [2.75, 3.05) is 16.0 Å². The molecule has 93 heavy (non-hydrogen) atoms. The number of carbonyl (C=O) groups is 3. The van der Waals surface area contributed by atoms with Crippen LogP contribution in [0.25, 0.3) is 32.3 Å². The quantitative estimate of drug-likeness (QED) is 0.0302. The lowest BCUT2D eigenvalue weighted by molar-refractivity contribution is 0.248. The predicted octanol–water partition coefficient (Wildman–Crippen LogP) is 20.3. The van der Waals surface area contributed by atoms with Gasteiger partial charge in [0.2, 0.25) is 0 Å². The molecule has 0 aliphatic carbocycles. The minimum Gasteiger partial charge on any atom is -0.489 e. The van der Waals surface area contributed by atoms with Crippen LogP contribution in [0.5, 0.6) is 17.2 Å². The van der Waals surface area contributed by atoms with Crippen molar-refractivity contribution in [3.63, 3.8) is 0 Å². The summed E-state index contributed by atoms with van der Waals surface area (Å²) in [6.45, 7) is 20.3. The monoisotopic (exact) mass is 1240 g/mol. The molecule has 0 spiro atoms. The Labute approximate surface area is 549 Å². The van der Waals surface area contributed by atoms with Gasteiger partial charge in [0, 0.05) is 35.3 Å². The Morgan fingerprint density at radius 1 is 0.312 bits per heavy atom. The summed E-state index contributed by atoms with van der Waals surface area (Å²) >= 11 is 0. The lowest BCUT2D eigenvalue weighted by atomic mass is 9.80. The van der Waals surface area contributed by atoms with Crippen molar-refractivity contribution in [1.29, 1.82) is 0 Å². The van der Waals surface area contributed by atoms with Gasteiger partial charge >= 0.3 is 18.1 Å². The Bertz CT molecular complexity index is 3750. The second-order valence-corrected chi connectivity index (χ2v) is 25.8. The van der Waals surface area contributed by atoms with Crippen LogP contribution in [0, 0.1) is 17.8 Å². The van der Waals surface area contributed by atoms with Crippen molar-refractivity contribution in [3.05, 3.63) is 250 Å². The maximum absolute atomic E-state index is 13.7. The molecule has 6 N–H and O–H groups in total. The van der Waals surface area contributed by atoms with Crippen molar-refractivity contribution in [1.82, 2.24) is 16.0 Å². The number of fused-ring (bicyclic) bond motifs is 3. The molecule has 0 aromatic heterocycles. The van der Waals surface area contributed by atoms with Crippen LogP contribution in [0.4, 0.5) is 31.4 Å². The standard InChI is InChI=1S/C81H90N6O6/c1-52(2)40-43-73-76(49-91-64-31-19-28-61(46-64)85-79(88)82-55(7)67-37-16-25-58-22-10-13-34-70(58)67)74(44-41-53(3)4)78(51-93-66-33-21-30-63(48-66)87-81(90)84-57(9)69-39-18-27-60-24-12-15-36-72(60)69)75(45-42-54(5)6)77(73)50-92-65-32-20-29-62(47-65)86-80(89)83-56(8)68-38-17-26-59-23-11-14-35-71(59)68/h10-39,46-48,52-57H,40-45,49-51H2,1-9H3,(H2,82,85,88)(H2,83,86,89)(H2,84,87,90)/t55-,56-,57-/m1/s1. The zero-order valence-electron chi connectivity index (χ0n) is 55.3.